The molecule has 206 valence electrons. The van der Waals surface area contributed by atoms with E-state index in [1.165, 1.54) is 34.8 Å². The summed E-state index contributed by atoms with van der Waals surface area (Å²) in [6, 6.07) is 10.5. The lowest BCUT2D eigenvalue weighted by Gasteiger charge is -2.31. The minimum atomic E-state index is -3.79. The number of anilines is 2. The van der Waals surface area contributed by atoms with Crippen LogP contribution in [-0.4, -0.2) is 59.8 Å². The number of H-pyrrole nitrogens is 1. The number of rotatable bonds is 8. The summed E-state index contributed by atoms with van der Waals surface area (Å²) in [7, 11) is -3.79. The minimum absolute atomic E-state index is 0.0347. The van der Waals surface area contributed by atoms with E-state index in [9.17, 15) is 22.8 Å². The van der Waals surface area contributed by atoms with E-state index >= 15 is 0 Å². The number of carbonyl (C=O) groups is 3. The molecular formula is C25H26Cl2N6O5S. The van der Waals surface area contributed by atoms with Gasteiger partial charge in [0.1, 0.15) is 5.69 Å². The highest BCUT2D eigenvalue weighted by Crippen LogP contribution is 2.26. The largest absolute Gasteiger partial charge is 0.348 e. The molecule has 0 atom stereocenters. The third-order valence-corrected chi connectivity index (χ3v) is 8.69. The Morgan fingerprint density at radius 2 is 1.69 bits per heavy atom. The van der Waals surface area contributed by atoms with Crippen LogP contribution in [0.2, 0.25) is 10.0 Å². The molecule has 0 unspecified atom stereocenters. The van der Waals surface area contributed by atoms with Gasteiger partial charge in [-0.2, -0.15) is 9.40 Å². The first-order valence-corrected chi connectivity index (χ1v) is 14.3. The maximum atomic E-state index is 13.2. The number of nitrogens with one attached hydrogen (secondary N) is 4. The van der Waals surface area contributed by atoms with Crippen molar-refractivity contribution in [3.63, 3.8) is 0 Å². The van der Waals surface area contributed by atoms with Crippen molar-refractivity contribution in [3.05, 3.63) is 70.0 Å². The standard InChI is InChI=1S/C25H26Cl2N6O5S/c1-2-21(34)29-16-5-3-6-17(13-16)39(37,38)33-11-9-15(10-12-33)30-25(36)23-20(14-28-32-23)31-24(35)22-18(26)7-4-8-19(22)27/h3-8,13-15H,2,9-12H2,1H3,(H,28,32)(H,29,34)(H,30,36)(H,31,35). The molecule has 39 heavy (non-hydrogen) atoms. The zero-order valence-electron chi connectivity index (χ0n) is 20.8. The van der Waals surface area contributed by atoms with E-state index in [1.807, 2.05) is 0 Å². The van der Waals surface area contributed by atoms with Gasteiger partial charge in [0.2, 0.25) is 15.9 Å². The van der Waals surface area contributed by atoms with Gasteiger partial charge in [0, 0.05) is 31.2 Å². The number of hydrogen-bond donors (Lipinski definition) is 4. The van der Waals surface area contributed by atoms with Crippen LogP contribution in [0, 0.1) is 0 Å². The molecule has 1 aromatic heterocycles. The number of halogens is 2. The van der Waals surface area contributed by atoms with Gasteiger partial charge in [0.15, 0.2) is 0 Å². The molecule has 3 aromatic rings. The van der Waals surface area contributed by atoms with Crippen molar-refractivity contribution in [1.82, 2.24) is 19.8 Å². The van der Waals surface area contributed by atoms with Gasteiger partial charge in [-0.25, -0.2) is 8.42 Å². The summed E-state index contributed by atoms with van der Waals surface area (Å²) in [5, 5.41) is 14.9. The lowest BCUT2D eigenvalue weighted by atomic mass is 10.1. The Morgan fingerprint density at radius 3 is 2.36 bits per heavy atom. The summed E-state index contributed by atoms with van der Waals surface area (Å²) in [4.78, 5) is 37.4. The maximum Gasteiger partial charge on any atom is 0.271 e. The molecule has 0 aliphatic carbocycles. The summed E-state index contributed by atoms with van der Waals surface area (Å²) in [6.07, 6.45) is 2.33. The third-order valence-electron chi connectivity index (χ3n) is 6.17. The second kappa shape index (κ2) is 12.2. The molecule has 1 saturated heterocycles. The Hall–Kier alpha value is -3.45. The summed E-state index contributed by atoms with van der Waals surface area (Å²) in [6.45, 7) is 2.09. The van der Waals surface area contributed by atoms with Gasteiger partial charge in [0.05, 0.1) is 32.4 Å². The Bertz CT molecular complexity index is 1480. The average Bonchev–Trinajstić information content (AvgIpc) is 3.37. The van der Waals surface area contributed by atoms with E-state index in [0.717, 1.165) is 0 Å². The summed E-state index contributed by atoms with van der Waals surface area (Å²) >= 11 is 12.2. The molecule has 4 N–H and O–H groups in total. The van der Waals surface area contributed by atoms with E-state index in [1.54, 1.807) is 25.1 Å². The van der Waals surface area contributed by atoms with Crippen LogP contribution in [0.1, 0.15) is 47.0 Å². The third kappa shape index (κ3) is 6.59. The molecule has 0 bridgehead atoms. The summed E-state index contributed by atoms with van der Waals surface area (Å²) in [5.74, 6) is -1.32. The molecule has 0 saturated carbocycles. The lowest BCUT2D eigenvalue weighted by Crippen LogP contribution is -2.46. The average molecular weight is 593 g/mol. The molecule has 0 radical (unpaired) electrons. The SMILES string of the molecule is CCC(=O)Nc1cccc(S(=O)(=O)N2CCC(NC(=O)c3[nH]ncc3NC(=O)c3c(Cl)cccc3Cl)CC2)c1. The Balaban J connectivity index is 1.37. The van der Waals surface area contributed by atoms with E-state index in [2.05, 4.69) is 26.1 Å². The Labute approximate surface area is 235 Å². The van der Waals surface area contributed by atoms with Crippen molar-refractivity contribution in [2.45, 2.75) is 37.1 Å². The summed E-state index contributed by atoms with van der Waals surface area (Å²) < 4.78 is 27.7. The first-order valence-electron chi connectivity index (χ1n) is 12.1. The van der Waals surface area contributed by atoms with Crippen LogP contribution in [0.4, 0.5) is 11.4 Å². The molecule has 2 heterocycles. The molecule has 1 aliphatic heterocycles. The van der Waals surface area contributed by atoms with Crippen molar-refractivity contribution < 1.29 is 22.8 Å². The van der Waals surface area contributed by atoms with Crippen LogP contribution in [0.25, 0.3) is 0 Å². The normalized spacial score (nSPS) is 14.5. The molecule has 2 aromatic carbocycles. The second-order valence-corrected chi connectivity index (χ2v) is 11.5. The van der Waals surface area contributed by atoms with E-state index < -0.39 is 21.8 Å². The number of carbonyl (C=O) groups excluding carboxylic acids is 3. The van der Waals surface area contributed by atoms with E-state index in [4.69, 9.17) is 23.2 Å². The van der Waals surface area contributed by atoms with Crippen molar-refractivity contribution >= 4 is 62.3 Å². The first kappa shape index (κ1) is 28.6. The number of benzene rings is 2. The fourth-order valence-corrected chi connectivity index (χ4v) is 6.17. The monoisotopic (exact) mass is 592 g/mol. The topological polar surface area (TPSA) is 153 Å². The zero-order valence-corrected chi connectivity index (χ0v) is 23.2. The zero-order chi connectivity index (χ0) is 28.2. The number of piperidine rings is 1. The minimum Gasteiger partial charge on any atom is -0.348 e. The van der Waals surface area contributed by atoms with Gasteiger partial charge >= 0.3 is 0 Å². The van der Waals surface area contributed by atoms with Crippen LogP contribution in [0.5, 0.6) is 0 Å². The first-order chi connectivity index (χ1) is 18.6. The quantitative estimate of drug-likeness (QED) is 0.311. The number of hydrogen-bond acceptors (Lipinski definition) is 6. The van der Waals surface area contributed by atoms with Crippen LogP contribution < -0.4 is 16.0 Å². The van der Waals surface area contributed by atoms with Crippen LogP contribution >= 0.6 is 23.2 Å². The smallest absolute Gasteiger partial charge is 0.271 e. The van der Waals surface area contributed by atoms with Gasteiger partial charge in [-0.1, -0.05) is 42.3 Å². The molecule has 11 nitrogen and oxygen atoms in total. The van der Waals surface area contributed by atoms with Crippen molar-refractivity contribution in [1.29, 1.82) is 0 Å². The molecule has 14 heteroatoms. The maximum absolute atomic E-state index is 13.2. The highest BCUT2D eigenvalue weighted by atomic mass is 35.5. The van der Waals surface area contributed by atoms with Crippen molar-refractivity contribution in [3.8, 4) is 0 Å². The molecule has 0 spiro atoms. The number of nitrogens with zero attached hydrogens (tertiary/aromatic N) is 2. The fourth-order valence-electron chi connectivity index (χ4n) is 4.08. The van der Waals surface area contributed by atoms with Gasteiger partial charge < -0.3 is 16.0 Å². The number of sulfonamides is 1. The highest BCUT2D eigenvalue weighted by Gasteiger charge is 2.31. The predicted molar refractivity (Wildman–Crippen MR) is 148 cm³/mol. The van der Waals surface area contributed by atoms with Crippen molar-refractivity contribution in [2.75, 3.05) is 23.7 Å². The van der Waals surface area contributed by atoms with Gasteiger partial charge in [-0.05, 0) is 43.2 Å². The lowest BCUT2D eigenvalue weighted by molar-refractivity contribution is -0.115. The van der Waals surface area contributed by atoms with Crippen molar-refractivity contribution in [2.24, 2.45) is 0 Å². The molecule has 3 amide bonds. The Kier molecular flexibility index (Phi) is 8.90. The fraction of sp³-hybridized carbons (Fsp3) is 0.280. The van der Waals surface area contributed by atoms with Gasteiger partial charge in [0.25, 0.3) is 11.8 Å². The van der Waals surface area contributed by atoms with Gasteiger partial charge in [-0.15, -0.1) is 0 Å². The molecule has 4 rings (SSSR count). The van der Waals surface area contributed by atoms with Gasteiger partial charge in [-0.3, -0.25) is 19.5 Å². The summed E-state index contributed by atoms with van der Waals surface area (Å²) in [5.41, 5.74) is 0.653. The molecule has 1 aliphatic rings. The van der Waals surface area contributed by atoms with Crippen LogP contribution in [-0.2, 0) is 14.8 Å². The second-order valence-electron chi connectivity index (χ2n) is 8.79. The molecule has 1 fully saturated rings. The number of amides is 3. The highest BCUT2D eigenvalue weighted by molar-refractivity contribution is 7.89. The predicted octanol–water partition coefficient (Wildman–Crippen LogP) is 3.90. The van der Waals surface area contributed by atoms with Crippen LogP contribution in [0.3, 0.4) is 0 Å². The molecular weight excluding hydrogens is 567 g/mol. The van der Waals surface area contributed by atoms with E-state index in [0.29, 0.717) is 18.5 Å². The number of aromatic nitrogens is 2. The number of aromatic amines is 1. The van der Waals surface area contributed by atoms with E-state index in [-0.39, 0.29) is 63.3 Å². The van der Waals surface area contributed by atoms with Crippen LogP contribution in [0.15, 0.2) is 53.6 Å². The Morgan fingerprint density at radius 1 is 1.03 bits per heavy atom.